The molecule has 0 aliphatic carbocycles. The lowest BCUT2D eigenvalue weighted by molar-refractivity contribution is -0.144. The summed E-state index contributed by atoms with van der Waals surface area (Å²) in [6.45, 7) is 5.84. The van der Waals surface area contributed by atoms with Crippen molar-refractivity contribution in [1.29, 1.82) is 0 Å². The van der Waals surface area contributed by atoms with Gasteiger partial charge in [0, 0.05) is 13.5 Å². The van der Waals surface area contributed by atoms with Crippen LogP contribution in [0.4, 0.5) is 0 Å². The molecule has 4 nitrogen and oxygen atoms in total. The average Bonchev–Trinajstić information content (AvgIpc) is 2.61. The van der Waals surface area contributed by atoms with Crippen molar-refractivity contribution in [3.63, 3.8) is 0 Å². The number of hydrogen-bond donors (Lipinski definition) is 0. The van der Waals surface area contributed by atoms with Gasteiger partial charge in [0.2, 0.25) is 5.91 Å². The molecule has 1 aliphatic rings. The molecule has 1 rings (SSSR count). The third kappa shape index (κ3) is 2.58. The van der Waals surface area contributed by atoms with Crippen LogP contribution in [0, 0.1) is 0 Å². The van der Waals surface area contributed by atoms with Crippen LogP contribution in [0.15, 0.2) is 12.7 Å². The highest BCUT2D eigenvalue weighted by Crippen LogP contribution is 2.17. The summed E-state index contributed by atoms with van der Waals surface area (Å²) in [5, 5.41) is 0. The van der Waals surface area contributed by atoms with Crippen molar-refractivity contribution in [2.24, 2.45) is 0 Å². The standard InChI is InChI=1S/C10H15NO3/c1-3-10(13)11-6-4-5-9(11)7-14-8(2)12/h3,9H,1,4-7H2,2H3. The third-order valence-electron chi connectivity index (χ3n) is 2.31. The molecule has 1 amide bonds. The smallest absolute Gasteiger partial charge is 0.302 e. The first kappa shape index (κ1) is 10.8. The Kier molecular flexibility index (Phi) is 3.68. The molecule has 0 aromatic carbocycles. The van der Waals surface area contributed by atoms with Crippen molar-refractivity contribution in [3.05, 3.63) is 12.7 Å². The molecule has 4 heteroatoms. The maximum atomic E-state index is 11.3. The Morgan fingerprint density at radius 1 is 1.64 bits per heavy atom. The molecule has 0 aromatic rings. The Balaban J connectivity index is 2.46. The van der Waals surface area contributed by atoms with E-state index in [2.05, 4.69) is 6.58 Å². The largest absolute Gasteiger partial charge is 0.464 e. The summed E-state index contributed by atoms with van der Waals surface area (Å²) in [7, 11) is 0. The van der Waals surface area contributed by atoms with Crippen LogP contribution in [0.3, 0.4) is 0 Å². The van der Waals surface area contributed by atoms with Crippen molar-refractivity contribution in [2.45, 2.75) is 25.8 Å². The van der Waals surface area contributed by atoms with Gasteiger partial charge in [0.15, 0.2) is 0 Å². The summed E-state index contributed by atoms with van der Waals surface area (Å²) >= 11 is 0. The highest BCUT2D eigenvalue weighted by atomic mass is 16.5. The van der Waals surface area contributed by atoms with Gasteiger partial charge in [-0.2, -0.15) is 0 Å². The topological polar surface area (TPSA) is 46.6 Å². The summed E-state index contributed by atoms with van der Waals surface area (Å²) in [6.07, 6.45) is 3.16. The fourth-order valence-corrected chi connectivity index (χ4v) is 1.63. The van der Waals surface area contributed by atoms with Gasteiger partial charge in [-0.15, -0.1) is 0 Å². The minimum atomic E-state index is -0.303. The van der Waals surface area contributed by atoms with Crippen LogP contribution < -0.4 is 0 Å². The first-order chi connectivity index (χ1) is 6.65. The van der Waals surface area contributed by atoms with Crippen molar-refractivity contribution >= 4 is 11.9 Å². The van der Waals surface area contributed by atoms with Gasteiger partial charge in [-0.3, -0.25) is 9.59 Å². The molecule has 1 saturated heterocycles. The van der Waals surface area contributed by atoms with Crippen LogP contribution in [-0.4, -0.2) is 36.0 Å². The van der Waals surface area contributed by atoms with Gasteiger partial charge in [0.25, 0.3) is 0 Å². The number of esters is 1. The molecular formula is C10H15NO3. The Hall–Kier alpha value is -1.32. The zero-order valence-corrected chi connectivity index (χ0v) is 8.36. The van der Waals surface area contributed by atoms with E-state index in [0.717, 1.165) is 19.4 Å². The van der Waals surface area contributed by atoms with E-state index in [1.54, 1.807) is 4.90 Å². The van der Waals surface area contributed by atoms with Crippen molar-refractivity contribution in [1.82, 2.24) is 4.90 Å². The predicted octanol–water partition coefficient (Wildman–Crippen LogP) is 0.726. The minimum absolute atomic E-state index is 0.0319. The van der Waals surface area contributed by atoms with Crippen molar-refractivity contribution in [3.8, 4) is 0 Å². The second kappa shape index (κ2) is 4.79. The third-order valence-corrected chi connectivity index (χ3v) is 2.31. The number of hydrogen-bond acceptors (Lipinski definition) is 3. The SMILES string of the molecule is C=CC(=O)N1CCCC1COC(C)=O. The molecule has 14 heavy (non-hydrogen) atoms. The average molecular weight is 197 g/mol. The van der Waals surface area contributed by atoms with Gasteiger partial charge in [-0.25, -0.2) is 0 Å². The molecule has 1 aliphatic heterocycles. The predicted molar refractivity (Wildman–Crippen MR) is 51.6 cm³/mol. The van der Waals surface area contributed by atoms with E-state index >= 15 is 0 Å². The van der Waals surface area contributed by atoms with E-state index in [9.17, 15) is 9.59 Å². The lowest BCUT2D eigenvalue weighted by Gasteiger charge is -2.22. The zero-order chi connectivity index (χ0) is 10.6. The number of carbonyl (C=O) groups is 2. The van der Waals surface area contributed by atoms with Gasteiger partial charge in [-0.05, 0) is 18.9 Å². The highest BCUT2D eigenvalue weighted by molar-refractivity contribution is 5.87. The van der Waals surface area contributed by atoms with Crippen LogP contribution in [0.25, 0.3) is 0 Å². The first-order valence-corrected chi connectivity index (χ1v) is 4.71. The van der Waals surface area contributed by atoms with Crippen LogP contribution in [0.1, 0.15) is 19.8 Å². The molecule has 1 atom stereocenters. The lowest BCUT2D eigenvalue weighted by Crippen LogP contribution is -2.37. The molecule has 1 unspecified atom stereocenters. The Labute approximate surface area is 83.5 Å². The van der Waals surface area contributed by atoms with E-state index in [4.69, 9.17) is 4.74 Å². The summed E-state index contributed by atoms with van der Waals surface area (Å²) in [5.74, 6) is -0.387. The first-order valence-electron chi connectivity index (χ1n) is 4.71. The van der Waals surface area contributed by atoms with Gasteiger partial charge in [-0.1, -0.05) is 6.58 Å². The Bertz CT molecular complexity index is 250. The van der Waals surface area contributed by atoms with Crippen LogP contribution in [0.5, 0.6) is 0 Å². The molecule has 0 saturated carbocycles. The van der Waals surface area contributed by atoms with Crippen LogP contribution >= 0.6 is 0 Å². The second-order valence-corrected chi connectivity index (χ2v) is 3.33. The minimum Gasteiger partial charge on any atom is -0.464 e. The van der Waals surface area contributed by atoms with Crippen LogP contribution in [0.2, 0.25) is 0 Å². The summed E-state index contributed by atoms with van der Waals surface area (Å²) in [4.78, 5) is 23.6. The van der Waals surface area contributed by atoms with E-state index in [0.29, 0.717) is 6.61 Å². The van der Waals surface area contributed by atoms with E-state index in [-0.39, 0.29) is 17.9 Å². The molecule has 0 radical (unpaired) electrons. The number of amides is 1. The highest BCUT2D eigenvalue weighted by Gasteiger charge is 2.27. The quantitative estimate of drug-likeness (QED) is 0.495. The summed E-state index contributed by atoms with van der Waals surface area (Å²) in [5.41, 5.74) is 0. The Morgan fingerprint density at radius 3 is 2.93 bits per heavy atom. The number of nitrogens with zero attached hydrogens (tertiary/aromatic N) is 1. The van der Waals surface area contributed by atoms with Gasteiger partial charge >= 0.3 is 5.97 Å². The number of rotatable bonds is 3. The van der Waals surface area contributed by atoms with Crippen molar-refractivity contribution in [2.75, 3.05) is 13.2 Å². The maximum Gasteiger partial charge on any atom is 0.302 e. The monoisotopic (exact) mass is 197 g/mol. The van der Waals surface area contributed by atoms with E-state index in [1.807, 2.05) is 0 Å². The molecule has 1 heterocycles. The molecule has 78 valence electrons. The fraction of sp³-hybridized carbons (Fsp3) is 0.600. The molecule has 0 spiro atoms. The maximum absolute atomic E-state index is 11.3. The number of ether oxygens (including phenoxy) is 1. The van der Waals surface area contributed by atoms with Gasteiger partial charge in [0.05, 0.1) is 6.04 Å². The Morgan fingerprint density at radius 2 is 2.36 bits per heavy atom. The fourth-order valence-electron chi connectivity index (χ4n) is 1.63. The van der Waals surface area contributed by atoms with Gasteiger partial charge < -0.3 is 9.64 Å². The summed E-state index contributed by atoms with van der Waals surface area (Å²) < 4.78 is 4.88. The number of carbonyl (C=O) groups excluding carboxylic acids is 2. The van der Waals surface area contributed by atoms with Crippen LogP contribution in [-0.2, 0) is 14.3 Å². The lowest BCUT2D eigenvalue weighted by atomic mass is 10.2. The molecular weight excluding hydrogens is 182 g/mol. The summed E-state index contributed by atoms with van der Waals surface area (Å²) in [6, 6.07) is 0.0319. The molecule has 0 N–H and O–H groups in total. The van der Waals surface area contributed by atoms with E-state index in [1.165, 1.54) is 13.0 Å². The van der Waals surface area contributed by atoms with Crippen molar-refractivity contribution < 1.29 is 14.3 Å². The normalized spacial score (nSPS) is 20.6. The molecule has 0 bridgehead atoms. The van der Waals surface area contributed by atoms with E-state index < -0.39 is 0 Å². The molecule has 0 aromatic heterocycles. The number of likely N-dealkylation sites (tertiary alicyclic amines) is 1. The molecule has 1 fully saturated rings. The zero-order valence-electron chi connectivity index (χ0n) is 8.36. The van der Waals surface area contributed by atoms with Gasteiger partial charge in [0.1, 0.15) is 6.61 Å². The second-order valence-electron chi connectivity index (χ2n) is 3.33.